The number of nitrogens with one attached hydrogen (secondary N) is 1. The average Bonchev–Trinajstić information content (AvgIpc) is 3.12. The van der Waals surface area contributed by atoms with Crippen molar-refractivity contribution in [3.05, 3.63) is 95.1 Å². The summed E-state index contributed by atoms with van der Waals surface area (Å²) in [5.41, 5.74) is 4.53. The van der Waals surface area contributed by atoms with E-state index < -0.39 is 23.4 Å². The van der Waals surface area contributed by atoms with Crippen molar-refractivity contribution < 1.29 is 23.8 Å². The quantitative estimate of drug-likeness (QED) is 0.521. The lowest BCUT2D eigenvalue weighted by Gasteiger charge is -2.14. The molecule has 6 nitrogen and oxygen atoms in total. The molecular formula is C25H21FN2O4. The van der Waals surface area contributed by atoms with E-state index in [1.807, 2.05) is 24.3 Å². The Bertz CT molecular complexity index is 1150. The highest BCUT2D eigenvalue weighted by Gasteiger charge is 2.28. The number of carbonyl (C=O) groups excluding carboxylic acids is 1. The zero-order chi connectivity index (χ0) is 22.5. The number of fused-ring (bicyclic) bond motifs is 3. The van der Waals surface area contributed by atoms with Crippen LogP contribution < -0.4 is 5.32 Å². The molecule has 0 saturated heterocycles. The Morgan fingerprint density at radius 1 is 1.09 bits per heavy atom. The lowest BCUT2D eigenvalue weighted by Crippen LogP contribution is -2.26. The van der Waals surface area contributed by atoms with Gasteiger partial charge in [-0.3, -0.25) is 4.98 Å². The van der Waals surface area contributed by atoms with Gasteiger partial charge in [-0.2, -0.15) is 0 Å². The minimum atomic E-state index is -1.35. The molecule has 0 bridgehead atoms. The van der Waals surface area contributed by atoms with Gasteiger partial charge in [-0.05, 0) is 40.8 Å². The van der Waals surface area contributed by atoms with Gasteiger partial charge >= 0.3 is 12.1 Å². The van der Waals surface area contributed by atoms with Gasteiger partial charge in [0.1, 0.15) is 6.61 Å². The topological polar surface area (TPSA) is 88.5 Å². The summed E-state index contributed by atoms with van der Waals surface area (Å²) in [5, 5.41) is 11.6. The highest BCUT2D eigenvalue weighted by molar-refractivity contribution is 5.88. The molecule has 0 aliphatic heterocycles. The summed E-state index contributed by atoms with van der Waals surface area (Å²) in [7, 11) is 0. The molecule has 1 amide bonds. The van der Waals surface area contributed by atoms with Crippen LogP contribution >= 0.6 is 0 Å². The number of ether oxygens (including phenoxy) is 1. The van der Waals surface area contributed by atoms with E-state index in [4.69, 9.17) is 9.84 Å². The van der Waals surface area contributed by atoms with Crippen LogP contribution in [-0.4, -0.2) is 35.3 Å². The molecule has 0 spiro atoms. The number of aromatic carboxylic acids is 1. The highest BCUT2D eigenvalue weighted by atomic mass is 19.1. The van der Waals surface area contributed by atoms with Crippen LogP contribution in [0.15, 0.2) is 66.9 Å². The summed E-state index contributed by atoms with van der Waals surface area (Å²) in [6, 6.07) is 17.4. The molecule has 1 aliphatic carbocycles. The zero-order valence-electron chi connectivity index (χ0n) is 17.1. The van der Waals surface area contributed by atoms with Gasteiger partial charge in [-0.15, -0.1) is 0 Å². The summed E-state index contributed by atoms with van der Waals surface area (Å²) >= 11 is 0. The SMILES string of the molecule is O=C(NCCC=Cc1cc(C(=O)O)c(F)cn1)OCC1c2ccccc2-c2ccccc21. The van der Waals surface area contributed by atoms with Crippen LogP contribution in [0, 0.1) is 5.82 Å². The predicted molar refractivity (Wildman–Crippen MR) is 118 cm³/mol. The van der Waals surface area contributed by atoms with E-state index in [0.29, 0.717) is 18.7 Å². The maximum atomic E-state index is 13.4. The van der Waals surface area contributed by atoms with Gasteiger partial charge in [0.2, 0.25) is 0 Å². The third kappa shape index (κ3) is 4.51. The molecule has 32 heavy (non-hydrogen) atoms. The molecule has 3 aromatic rings. The Morgan fingerprint density at radius 2 is 1.75 bits per heavy atom. The monoisotopic (exact) mass is 432 g/mol. The molecule has 4 rings (SSSR count). The molecule has 2 aromatic carbocycles. The Morgan fingerprint density at radius 3 is 2.41 bits per heavy atom. The van der Waals surface area contributed by atoms with Crippen LogP contribution in [0.2, 0.25) is 0 Å². The van der Waals surface area contributed by atoms with Gasteiger partial charge in [0, 0.05) is 12.5 Å². The van der Waals surface area contributed by atoms with Gasteiger partial charge < -0.3 is 15.2 Å². The molecule has 1 aliphatic rings. The molecule has 7 heteroatoms. The second-order valence-electron chi connectivity index (χ2n) is 7.34. The van der Waals surface area contributed by atoms with E-state index in [-0.39, 0.29) is 12.5 Å². The summed E-state index contributed by atoms with van der Waals surface area (Å²) in [5.74, 6) is -2.23. The van der Waals surface area contributed by atoms with Crippen LogP contribution in [0.1, 0.15) is 39.5 Å². The molecule has 0 radical (unpaired) electrons. The normalized spacial score (nSPS) is 12.4. The van der Waals surface area contributed by atoms with Crippen molar-refractivity contribution >= 4 is 18.1 Å². The minimum Gasteiger partial charge on any atom is -0.478 e. The van der Waals surface area contributed by atoms with Gasteiger partial charge in [-0.25, -0.2) is 14.0 Å². The third-order valence-electron chi connectivity index (χ3n) is 5.32. The highest BCUT2D eigenvalue weighted by Crippen LogP contribution is 2.44. The van der Waals surface area contributed by atoms with Crippen LogP contribution in [0.5, 0.6) is 0 Å². The number of aromatic nitrogens is 1. The lowest BCUT2D eigenvalue weighted by atomic mass is 9.98. The van der Waals surface area contributed by atoms with Crippen molar-refractivity contribution in [2.45, 2.75) is 12.3 Å². The first-order chi connectivity index (χ1) is 15.5. The summed E-state index contributed by atoms with van der Waals surface area (Å²) in [4.78, 5) is 26.9. The fourth-order valence-electron chi connectivity index (χ4n) is 3.82. The molecular weight excluding hydrogens is 411 g/mol. The molecule has 0 unspecified atom stereocenters. The number of alkyl carbamates (subject to hydrolysis) is 1. The Hall–Kier alpha value is -4.00. The average molecular weight is 432 g/mol. The number of hydrogen-bond acceptors (Lipinski definition) is 4. The first-order valence-electron chi connectivity index (χ1n) is 10.2. The summed E-state index contributed by atoms with van der Waals surface area (Å²) < 4.78 is 18.8. The van der Waals surface area contributed by atoms with Gasteiger partial charge in [0.05, 0.1) is 17.5 Å². The smallest absolute Gasteiger partial charge is 0.407 e. The number of carboxylic acids is 1. The molecule has 2 N–H and O–H groups in total. The number of hydrogen-bond donors (Lipinski definition) is 2. The summed E-state index contributed by atoms with van der Waals surface area (Å²) in [6.07, 6.45) is 4.14. The van der Waals surface area contributed by atoms with E-state index in [1.54, 1.807) is 12.2 Å². The van der Waals surface area contributed by atoms with Crippen molar-refractivity contribution in [3.63, 3.8) is 0 Å². The Labute approximate surface area is 184 Å². The molecule has 0 fully saturated rings. The van der Waals surface area contributed by atoms with E-state index in [0.717, 1.165) is 23.4 Å². The number of nitrogens with zero attached hydrogens (tertiary/aromatic N) is 1. The zero-order valence-corrected chi connectivity index (χ0v) is 17.1. The van der Waals surface area contributed by atoms with E-state index in [2.05, 4.69) is 34.6 Å². The lowest BCUT2D eigenvalue weighted by molar-refractivity contribution is 0.0691. The fraction of sp³-hybridized carbons (Fsp3) is 0.160. The van der Waals surface area contributed by atoms with E-state index in [9.17, 15) is 14.0 Å². The van der Waals surface area contributed by atoms with Crippen LogP contribution in [-0.2, 0) is 4.74 Å². The second-order valence-corrected chi connectivity index (χ2v) is 7.34. The third-order valence-corrected chi connectivity index (χ3v) is 5.32. The van der Waals surface area contributed by atoms with Crippen molar-refractivity contribution in [1.29, 1.82) is 0 Å². The van der Waals surface area contributed by atoms with E-state index >= 15 is 0 Å². The Balaban J connectivity index is 1.27. The number of halogens is 1. The largest absolute Gasteiger partial charge is 0.478 e. The molecule has 1 heterocycles. The maximum absolute atomic E-state index is 13.4. The number of carbonyl (C=O) groups is 2. The Kier molecular flexibility index (Phi) is 6.26. The van der Waals surface area contributed by atoms with Crippen molar-refractivity contribution in [2.75, 3.05) is 13.2 Å². The summed E-state index contributed by atoms with van der Waals surface area (Å²) in [6.45, 7) is 0.577. The first kappa shape index (κ1) is 21.2. The first-order valence-corrected chi connectivity index (χ1v) is 10.2. The molecule has 1 aromatic heterocycles. The van der Waals surface area contributed by atoms with Crippen molar-refractivity contribution in [3.8, 4) is 11.1 Å². The molecule has 0 saturated carbocycles. The fourth-order valence-corrected chi connectivity index (χ4v) is 3.82. The number of rotatable bonds is 7. The van der Waals surface area contributed by atoms with Gasteiger partial charge in [-0.1, -0.05) is 54.6 Å². The van der Waals surface area contributed by atoms with Crippen LogP contribution in [0.25, 0.3) is 17.2 Å². The minimum absolute atomic E-state index is 0.000951. The van der Waals surface area contributed by atoms with Crippen LogP contribution in [0.3, 0.4) is 0 Å². The van der Waals surface area contributed by atoms with Crippen LogP contribution in [0.4, 0.5) is 9.18 Å². The molecule has 0 atom stereocenters. The predicted octanol–water partition coefficient (Wildman–Crippen LogP) is 4.86. The number of pyridine rings is 1. The number of carboxylic acid groups (broad SMARTS) is 1. The van der Waals surface area contributed by atoms with E-state index in [1.165, 1.54) is 11.1 Å². The number of amides is 1. The number of benzene rings is 2. The van der Waals surface area contributed by atoms with Gasteiger partial charge in [0.15, 0.2) is 5.82 Å². The molecule has 162 valence electrons. The van der Waals surface area contributed by atoms with Crippen molar-refractivity contribution in [1.82, 2.24) is 10.3 Å². The second kappa shape index (κ2) is 9.43. The standard InChI is InChI=1S/C25H21FN2O4/c26-23-14-28-16(13-21(23)24(29)30)7-5-6-12-27-25(31)32-15-22-19-10-3-1-8-17(19)18-9-2-4-11-20(18)22/h1-5,7-11,13-14,22H,6,12,15H2,(H,27,31)(H,29,30). The van der Waals surface area contributed by atoms with Crippen molar-refractivity contribution in [2.24, 2.45) is 0 Å². The van der Waals surface area contributed by atoms with Gasteiger partial charge in [0.25, 0.3) is 0 Å². The maximum Gasteiger partial charge on any atom is 0.407 e.